The molecule has 2 aromatic carbocycles. The molecule has 0 atom stereocenters. The van der Waals surface area contributed by atoms with Gasteiger partial charge in [0.2, 0.25) is 5.91 Å². The van der Waals surface area contributed by atoms with Crippen LogP contribution in [-0.4, -0.2) is 24.5 Å². The molecule has 0 N–H and O–H groups in total. The van der Waals surface area contributed by atoms with Gasteiger partial charge in [0.05, 0.1) is 12.5 Å². The van der Waals surface area contributed by atoms with Gasteiger partial charge in [-0.15, -0.1) is 0 Å². The van der Waals surface area contributed by atoms with E-state index in [0.717, 1.165) is 22.3 Å². The van der Waals surface area contributed by atoms with Gasteiger partial charge in [-0.25, -0.2) is 0 Å². The van der Waals surface area contributed by atoms with Crippen LogP contribution in [-0.2, 0) is 22.6 Å². The number of methoxy groups -OCH3 is 1. The number of carbonyl (C=O) groups excluding carboxylic acids is 1. The lowest BCUT2D eigenvalue weighted by Crippen LogP contribution is -2.32. The summed E-state index contributed by atoms with van der Waals surface area (Å²) in [7, 11) is 1.53. The molecule has 0 unspecified atom stereocenters. The first kappa shape index (κ1) is 17.0. The highest BCUT2D eigenvalue weighted by molar-refractivity contribution is 5.77. The van der Waals surface area contributed by atoms with Gasteiger partial charge in [-0.05, 0) is 28.8 Å². The molecule has 1 amide bonds. The molecule has 4 nitrogen and oxygen atoms in total. The summed E-state index contributed by atoms with van der Waals surface area (Å²) in [5, 5.41) is 0. The number of benzene rings is 2. The SMILES string of the molecule is COCC(=O)N(Cc1ccoc1)Cc1cccc(-c2ccccc2)c1. The highest BCUT2D eigenvalue weighted by Gasteiger charge is 2.15. The van der Waals surface area contributed by atoms with E-state index in [1.165, 1.54) is 7.11 Å². The van der Waals surface area contributed by atoms with Crippen molar-refractivity contribution in [1.82, 2.24) is 4.90 Å². The number of furan rings is 1. The van der Waals surface area contributed by atoms with E-state index >= 15 is 0 Å². The van der Waals surface area contributed by atoms with Gasteiger partial charge in [-0.3, -0.25) is 4.79 Å². The molecular weight excluding hydrogens is 314 g/mol. The van der Waals surface area contributed by atoms with Crippen molar-refractivity contribution in [2.75, 3.05) is 13.7 Å². The predicted octanol–water partition coefficient (Wildman–Crippen LogP) is 4.12. The molecule has 0 spiro atoms. The number of nitrogens with zero attached hydrogens (tertiary/aromatic N) is 1. The Hall–Kier alpha value is -2.85. The third-order valence-corrected chi connectivity index (χ3v) is 3.98. The molecule has 4 heteroatoms. The van der Waals surface area contributed by atoms with Crippen molar-refractivity contribution in [3.05, 3.63) is 84.3 Å². The van der Waals surface area contributed by atoms with E-state index in [2.05, 4.69) is 24.3 Å². The Labute approximate surface area is 147 Å². The van der Waals surface area contributed by atoms with Crippen LogP contribution < -0.4 is 0 Å². The second-order valence-corrected chi connectivity index (χ2v) is 5.88. The lowest BCUT2D eigenvalue weighted by atomic mass is 10.0. The smallest absolute Gasteiger partial charge is 0.249 e. The highest BCUT2D eigenvalue weighted by atomic mass is 16.5. The average Bonchev–Trinajstić information content (AvgIpc) is 3.15. The first-order valence-corrected chi connectivity index (χ1v) is 8.18. The van der Waals surface area contributed by atoms with E-state index in [1.54, 1.807) is 17.4 Å². The standard InChI is InChI=1S/C21H21NO3/c1-24-16-21(23)22(14-18-10-11-25-15-18)13-17-6-5-9-20(12-17)19-7-3-2-4-8-19/h2-12,15H,13-14,16H2,1H3. The second-order valence-electron chi connectivity index (χ2n) is 5.88. The zero-order valence-corrected chi connectivity index (χ0v) is 14.2. The first-order valence-electron chi connectivity index (χ1n) is 8.18. The molecule has 0 aliphatic rings. The summed E-state index contributed by atoms with van der Waals surface area (Å²) in [5.74, 6) is -0.0474. The van der Waals surface area contributed by atoms with Crippen molar-refractivity contribution in [2.24, 2.45) is 0 Å². The maximum absolute atomic E-state index is 12.4. The molecule has 3 aromatic rings. The molecule has 0 aliphatic carbocycles. The van der Waals surface area contributed by atoms with Crippen LogP contribution in [0.25, 0.3) is 11.1 Å². The summed E-state index contributed by atoms with van der Waals surface area (Å²) >= 11 is 0. The van der Waals surface area contributed by atoms with E-state index in [-0.39, 0.29) is 12.5 Å². The van der Waals surface area contributed by atoms with Crippen molar-refractivity contribution >= 4 is 5.91 Å². The fraction of sp³-hybridized carbons (Fsp3) is 0.190. The van der Waals surface area contributed by atoms with Gasteiger partial charge in [0.25, 0.3) is 0 Å². The largest absolute Gasteiger partial charge is 0.472 e. The van der Waals surface area contributed by atoms with Crippen LogP contribution in [0.3, 0.4) is 0 Å². The van der Waals surface area contributed by atoms with Crippen LogP contribution in [0.15, 0.2) is 77.6 Å². The number of amides is 1. The minimum Gasteiger partial charge on any atom is -0.472 e. The monoisotopic (exact) mass is 335 g/mol. The Bertz CT molecular complexity index is 797. The van der Waals surface area contributed by atoms with Gasteiger partial charge in [-0.1, -0.05) is 48.5 Å². The third kappa shape index (κ3) is 4.58. The fourth-order valence-corrected chi connectivity index (χ4v) is 2.75. The minimum atomic E-state index is -0.0474. The fourth-order valence-electron chi connectivity index (χ4n) is 2.75. The predicted molar refractivity (Wildman–Crippen MR) is 96.7 cm³/mol. The van der Waals surface area contributed by atoms with Crippen molar-refractivity contribution in [3.8, 4) is 11.1 Å². The third-order valence-electron chi connectivity index (χ3n) is 3.98. The summed E-state index contributed by atoms with van der Waals surface area (Å²) in [4.78, 5) is 14.2. The van der Waals surface area contributed by atoms with Gasteiger partial charge in [0.15, 0.2) is 0 Å². The van der Waals surface area contributed by atoms with Gasteiger partial charge in [0.1, 0.15) is 6.61 Å². The molecule has 128 valence electrons. The summed E-state index contributed by atoms with van der Waals surface area (Å²) in [6.45, 7) is 1.08. The van der Waals surface area contributed by atoms with E-state index in [1.807, 2.05) is 36.4 Å². The molecule has 0 saturated carbocycles. The second kappa shape index (κ2) is 8.31. The Balaban J connectivity index is 1.80. The average molecular weight is 335 g/mol. The molecule has 0 saturated heterocycles. The van der Waals surface area contributed by atoms with E-state index < -0.39 is 0 Å². The van der Waals surface area contributed by atoms with Gasteiger partial charge < -0.3 is 14.1 Å². The molecule has 0 bridgehead atoms. The first-order chi connectivity index (χ1) is 12.3. The van der Waals surface area contributed by atoms with Crippen LogP contribution >= 0.6 is 0 Å². The number of hydrogen-bond donors (Lipinski definition) is 0. The molecule has 25 heavy (non-hydrogen) atoms. The molecular formula is C21H21NO3. The quantitative estimate of drug-likeness (QED) is 0.652. The van der Waals surface area contributed by atoms with Crippen LogP contribution in [0.2, 0.25) is 0 Å². The number of carbonyl (C=O) groups is 1. The normalized spacial score (nSPS) is 10.6. The summed E-state index contributed by atoms with van der Waals surface area (Å²) in [6.07, 6.45) is 3.28. The number of rotatable bonds is 7. The van der Waals surface area contributed by atoms with Crippen molar-refractivity contribution < 1.29 is 13.9 Å². The molecule has 0 aliphatic heterocycles. The lowest BCUT2D eigenvalue weighted by Gasteiger charge is -2.22. The van der Waals surface area contributed by atoms with Gasteiger partial charge >= 0.3 is 0 Å². The Morgan fingerprint density at radius 2 is 1.72 bits per heavy atom. The Morgan fingerprint density at radius 3 is 2.44 bits per heavy atom. The molecule has 1 aromatic heterocycles. The molecule has 0 radical (unpaired) electrons. The van der Waals surface area contributed by atoms with E-state index in [4.69, 9.17) is 9.15 Å². The van der Waals surface area contributed by atoms with Crippen LogP contribution in [0.4, 0.5) is 0 Å². The molecule has 0 fully saturated rings. The topological polar surface area (TPSA) is 42.7 Å². The molecule has 1 heterocycles. The van der Waals surface area contributed by atoms with E-state index in [0.29, 0.717) is 13.1 Å². The van der Waals surface area contributed by atoms with Crippen molar-refractivity contribution in [1.29, 1.82) is 0 Å². The summed E-state index contributed by atoms with van der Waals surface area (Å²) in [5.41, 5.74) is 4.34. The van der Waals surface area contributed by atoms with Crippen LogP contribution in [0, 0.1) is 0 Å². The minimum absolute atomic E-state index is 0.0474. The zero-order valence-electron chi connectivity index (χ0n) is 14.2. The summed E-state index contributed by atoms with van der Waals surface area (Å²) < 4.78 is 10.1. The Kier molecular flexibility index (Phi) is 5.65. The van der Waals surface area contributed by atoms with E-state index in [9.17, 15) is 4.79 Å². The van der Waals surface area contributed by atoms with Crippen LogP contribution in [0.5, 0.6) is 0 Å². The van der Waals surface area contributed by atoms with Gasteiger partial charge in [0, 0.05) is 25.8 Å². The zero-order chi connectivity index (χ0) is 17.5. The maximum Gasteiger partial charge on any atom is 0.249 e. The van der Waals surface area contributed by atoms with Crippen molar-refractivity contribution in [2.45, 2.75) is 13.1 Å². The maximum atomic E-state index is 12.4. The van der Waals surface area contributed by atoms with Crippen molar-refractivity contribution in [3.63, 3.8) is 0 Å². The number of ether oxygens (including phenoxy) is 1. The Morgan fingerprint density at radius 1 is 0.960 bits per heavy atom. The lowest BCUT2D eigenvalue weighted by molar-refractivity contribution is -0.136. The molecule has 3 rings (SSSR count). The van der Waals surface area contributed by atoms with Crippen LogP contribution in [0.1, 0.15) is 11.1 Å². The van der Waals surface area contributed by atoms with Gasteiger partial charge in [-0.2, -0.15) is 0 Å². The highest BCUT2D eigenvalue weighted by Crippen LogP contribution is 2.21. The summed E-state index contributed by atoms with van der Waals surface area (Å²) in [6, 6.07) is 20.3. The number of hydrogen-bond acceptors (Lipinski definition) is 3.